The molecule has 2 aliphatic rings. The molecule has 0 N–H and O–H groups in total. The van der Waals surface area contributed by atoms with Gasteiger partial charge >= 0.3 is 0 Å². The zero-order valence-corrected chi connectivity index (χ0v) is 12.2. The standard InChI is InChI=1S/C17H21NO3/c18-9-13-1-3-14(4-2-13)15-5-7-16(8-6-15)21-12-19-10-17-11-20-17/h1-4,15-17H,5-8,10-12H2. The average molecular weight is 287 g/mol. The molecule has 1 aromatic rings. The van der Waals surface area contributed by atoms with Gasteiger partial charge in [0.2, 0.25) is 0 Å². The molecular formula is C17H21NO3. The molecule has 1 heterocycles. The van der Waals surface area contributed by atoms with Crippen molar-refractivity contribution in [3.8, 4) is 6.07 Å². The second-order valence-electron chi connectivity index (χ2n) is 5.82. The van der Waals surface area contributed by atoms with Crippen LogP contribution in [-0.4, -0.2) is 32.2 Å². The molecule has 1 unspecified atom stereocenters. The summed E-state index contributed by atoms with van der Waals surface area (Å²) in [6.07, 6.45) is 5.06. The molecule has 0 aromatic heterocycles. The minimum absolute atomic E-state index is 0.306. The topological polar surface area (TPSA) is 54.8 Å². The van der Waals surface area contributed by atoms with Gasteiger partial charge in [-0.1, -0.05) is 12.1 Å². The van der Waals surface area contributed by atoms with Gasteiger partial charge in [0.05, 0.1) is 31.0 Å². The van der Waals surface area contributed by atoms with Crippen LogP contribution in [0, 0.1) is 11.3 Å². The number of hydrogen-bond donors (Lipinski definition) is 0. The van der Waals surface area contributed by atoms with Gasteiger partial charge in [0, 0.05) is 0 Å². The maximum atomic E-state index is 8.83. The van der Waals surface area contributed by atoms with E-state index < -0.39 is 0 Å². The summed E-state index contributed by atoms with van der Waals surface area (Å²) in [5.41, 5.74) is 2.07. The number of nitriles is 1. The van der Waals surface area contributed by atoms with Gasteiger partial charge < -0.3 is 14.2 Å². The number of nitrogens with zero attached hydrogens (tertiary/aromatic N) is 1. The summed E-state index contributed by atoms with van der Waals surface area (Å²) in [5.74, 6) is 0.596. The Hall–Kier alpha value is -1.41. The maximum absolute atomic E-state index is 8.83. The summed E-state index contributed by atoms with van der Waals surface area (Å²) in [7, 11) is 0. The van der Waals surface area contributed by atoms with Crippen LogP contribution >= 0.6 is 0 Å². The van der Waals surface area contributed by atoms with E-state index in [0.717, 1.165) is 37.9 Å². The van der Waals surface area contributed by atoms with E-state index >= 15 is 0 Å². The van der Waals surface area contributed by atoms with E-state index in [9.17, 15) is 0 Å². The Kier molecular flexibility index (Phi) is 4.87. The SMILES string of the molecule is N#Cc1ccc(C2CCC(OCOCC3CO3)CC2)cc1. The van der Waals surface area contributed by atoms with E-state index in [0.29, 0.717) is 31.5 Å². The lowest BCUT2D eigenvalue weighted by atomic mass is 9.82. The van der Waals surface area contributed by atoms with E-state index in [-0.39, 0.29) is 0 Å². The monoisotopic (exact) mass is 287 g/mol. The molecule has 0 spiro atoms. The van der Waals surface area contributed by atoms with Crippen LogP contribution in [0.1, 0.15) is 42.7 Å². The lowest BCUT2D eigenvalue weighted by Crippen LogP contribution is -2.22. The molecule has 2 fully saturated rings. The Labute approximate surface area is 125 Å². The smallest absolute Gasteiger partial charge is 0.147 e. The first-order valence-electron chi connectivity index (χ1n) is 7.66. The molecule has 4 heteroatoms. The highest BCUT2D eigenvalue weighted by Crippen LogP contribution is 2.34. The number of benzene rings is 1. The van der Waals surface area contributed by atoms with Crippen LogP contribution < -0.4 is 0 Å². The Balaban J connectivity index is 1.38. The predicted octanol–water partition coefficient (Wildman–Crippen LogP) is 2.97. The second kappa shape index (κ2) is 7.04. The number of epoxide rings is 1. The van der Waals surface area contributed by atoms with Crippen molar-refractivity contribution in [3.05, 3.63) is 35.4 Å². The molecule has 0 amide bonds. The number of hydrogen-bond acceptors (Lipinski definition) is 4. The summed E-state index contributed by atoms with van der Waals surface area (Å²) in [6.45, 7) is 1.86. The first kappa shape index (κ1) is 14.5. The summed E-state index contributed by atoms with van der Waals surface area (Å²) in [5, 5.41) is 8.83. The molecule has 3 rings (SSSR count). The maximum Gasteiger partial charge on any atom is 0.147 e. The van der Waals surface area contributed by atoms with Crippen LogP contribution in [0.4, 0.5) is 0 Å². The van der Waals surface area contributed by atoms with E-state index in [2.05, 4.69) is 18.2 Å². The van der Waals surface area contributed by atoms with Crippen molar-refractivity contribution in [3.63, 3.8) is 0 Å². The summed E-state index contributed by atoms with van der Waals surface area (Å²) in [6, 6.07) is 10.2. The minimum Gasteiger partial charge on any atom is -0.371 e. The quantitative estimate of drug-likeness (QED) is 0.458. The van der Waals surface area contributed by atoms with Crippen molar-refractivity contribution in [1.29, 1.82) is 5.26 Å². The van der Waals surface area contributed by atoms with Gasteiger partial charge in [-0.2, -0.15) is 5.26 Å². The molecule has 21 heavy (non-hydrogen) atoms. The predicted molar refractivity (Wildman–Crippen MR) is 77.8 cm³/mol. The van der Waals surface area contributed by atoms with Gasteiger partial charge in [-0.05, 0) is 49.3 Å². The molecule has 1 atom stereocenters. The largest absolute Gasteiger partial charge is 0.371 e. The first-order valence-corrected chi connectivity index (χ1v) is 7.66. The van der Waals surface area contributed by atoms with Crippen LogP contribution in [0.15, 0.2) is 24.3 Å². The molecule has 112 valence electrons. The molecule has 1 saturated heterocycles. The van der Waals surface area contributed by atoms with Gasteiger partial charge in [-0.15, -0.1) is 0 Å². The number of rotatable bonds is 6. The van der Waals surface area contributed by atoms with Gasteiger partial charge in [-0.3, -0.25) is 0 Å². The zero-order chi connectivity index (χ0) is 14.5. The van der Waals surface area contributed by atoms with Crippen LogP contribution in [-0.2, 0) is 14.2 Å². The third-order valence-corrected chi connectivity index (χ3v) is 4.28. The molecule has 0 radical (unpaired) electrons. The van der Waals surface area contributed by atoms with Gasteiger partial charge in [-0.25, -0.2) is 0 Å². The molecule has 1 aliphatic carbocycles. The normalized spacial score (nSPS) is 28.0. The third-order valence-electron chi connectivity index (χ3n) is 4.28. The highest BCUT2D eigenvalue weighted by atomic mass is 16.7. The van der Waals surface area contributed by atoms with Crippen LogP contribution in [0.2, 0.25) is 0 Å². The molecule has 4 nitrogen and oxygen atoms in total. The molecule has 0 bridgehead atoms. The third kappa shape index (κ3) is 4.28. The average Bonchev–Trinajstić information content (AvgIpc) is 3.37. The summed E-state index contributed by atoms with van der Waals surface area (Å²) < 4.78 is 16.3. The van der Waals surface area contributed by atoms with Crippen molar-refractivity contribution >= 4 is 0 Å². The highest BCUT2D eigenvalue weighted by molar-refractivity contribution is 5.33. The fraction of sp³-hybridized carbons (Fsp3) is 0.588. The van der Waals surface area contributed by atoms with E-state index in [1.807, 2.05) is 12.1 Å². The highest BCUT2D eigenvalue weighted by Gasteiger charge is 2.24. The van der Waals surface area contributed by atoms with Crippen LogP contribution in [0.3, 0.4) is 0 Å². The lowest BCUT2D eigenvalue weighted by molar-refractivity contribution is -0.102. The first-order chi connectivity index (χ1) is 10.3. The van der Waals surface area contributed by atoms with Crippen molar-refractivity contribution in [2.75, 3.05) is 20.0 Å². The minimum atomic E-state index is 0.306. The number of ether oxygens (including phenoxy) is 3. The van der Waals surface area contributed by atoms with E-state index in [1.165, 1.54) is 5.56 Å². The molecular weight excluding hydrogens is 266 g/mol. The Morgan fingerprint density at radius 3 is 2.48 bits per heavy atom. The van der Waals surface area contributed by atoms with Crippen molar-refractivity contribution in [1.82, 2.24) is 0 Å². The van der Waals surface area contributed by atoms with Crippen molar-refractivity contribution < 1.29 is 14.2 Å². The Morgan fingerprint density at radius 1 is 1.14 bits per heavy atom. The van der Waals surface area contributed by atoms with Crippen molar-refractivity contribution in [2.45, 2.75) is 43.8 Å². The van der Waals surface area contributed by atoms with Crippen molar-refractivity contribution in [2.24, 2.45) is 0 Å². The zero-order valence-electron chi connectivity index (χ0n) is 12.2. The van der Waals surface area contributed by atoms with Gasteiger partial charge in [0.15, 0.2) is 0 Å². The van der Waals surface area contributed by atoms with Crippen LogP contribution in [0.5, 0.6) is 0 Å². The Bertz CT molecular complexity index is 482. The summed E-state index contributed by atoms with van der Waals surface area (Å²) >= 11 is 0. The molecule has 1 saturated carbocycles. The lowest BCUT2D eigenvalue weighted by Gasteiger charge is -2.28. The fourth-order valence-electron chi connectivity index (χ4n) is 2.88. The molecule has 1 aliphatic heterocycles. The van der Waals surface area contributed by atoms with Crippen LogP contribution in [0.25, 0.3) is 0 Å². The van der Waals surface area contributed by atoms with E-state index in [1.54, 1.807) is 0 Å². The summed E-state index contributed by atoms with van der Waals surface area (Å²) in [4.78, 5) is 0. The van der Waals surface area contributed by atoms with Gasteiger partial charge in [0.25, 0.3) is 0 Å². The van der Waals surface area contributed by atoms with E-state index in [4.69, 9.17) is 19.5 Å². The van der Waals surface area contributed by atoms with Gasteiger partial charge in [0.1, 0.15) is 12.9 Å². The second-order valence-corrected chi connectivity index (χ2v) is 5.82. The Morgan fingerprint density at radius 2 is 1.86 bits per heavy atom. The fourth-order valence-corrected chi connectivity index (χ4v) is 2.88. The molecule has 1 aromatic carbocycles.